The van der Waals surface area contributed by atoms with E-state index in [2.05, 4.69) is 15.2 Å². The molecule has 4 rings (SSSR count). The van der Waals surface area contributed by atoms with Gasteiger partial charge in [-0.2, -0.15) is 13.2 Å². The number of aromatic nitrogens is 1. The molecule has 38 heavy (non-hydrogen) atoms. The first-order valence-electron chi connectivity index (χ1n) is 13.0. The van der Waals surface area contributed by atoms with Gasteiger partial charge in [-0.3, -0.25) is 14.7 Å². The van der Waals surface area contributed by atoms with E-state index in [1.165, 1.54) is 18.3 Å². The minimum absolute atomic E-state index is 0.00514. The third-order valence-corrected chi connectivity index (χ3v) is 9.64. The lowest BCUT2D eigenvalue weighted by Gasteiger charge is -2.33. The highest BCUT2D eigenvalue weighted by Crippen LogP contribution is 2.41. The van der Waals surface area contributed by atoms with Gasteiger partial charge >= 0.3 is 6.18 Å². The molecule has 1 aromatic heterocycles. The highest BCUT2D eigenvalue weighted by molar-refractivity contribution is 7.91. The second-order valence-electron chi connectivity index (χ2n) is 10.3. The molecular formula is C27H34F3N3O4S. The summed E-state index contributed by atoms with van der Waals surface area (Å²) in [5.74, 6) is -1.43. The average Bonchev–Trinajstić information content (AvgIpc) is 3.21. The molecule has 1 saturated carbocycles. The zero-order chi connectivity index (χ0) is 27.7. The molecule has 0 spiro atoms. The van der Waals surface area contributed by atoms with E-state index < -0.39 is 33.9 Å². The van der Waals surface area contributed by atoms with Crippen LogP contribution in [0.15, 0.2) is 41.4 Å². The molecule has 2 aromatic rings. The Morgan fingerprint density at radius 3 is 2.42 bits per heavy atom. The quantitative estimate of drug-likeness (QED) is 0.497. The summed E-state index contributed by atoms with van der Waals surface area (Å²) in [7, 11) is -3.35. The SMILES string of the molecule is CCS(=O)(=O)c1ccc([C@H](CO)NC(=O)c2cnc3c(c2)CN(C[C@H]2CC[C@H](C(F)(F)F)CC2)[C@H]3C)cc1. The van der Waals surface area contributed by atoms with Gasteiger partial charge in [0.2, 0.25) is 0 Å². The van der Waals surface area contributed by atoms with Crippen LogP contribution in [0.3, 0.4) is 0 Å². The van der Waals surface area contributed by atoms with Crippen molar-refractivity contribution in [1.82, 2.24) is 15.2 Å². The van der Waals surface area contributed by atoms with Gasteiger partial charge in [-0.25, -0.2) is 8.42 Å². The summed E-state index contributed by atoms with van der Waals surface area (Å²) in [5.41, 5.74) is 2.68. The minimum atomic E-state index is -4.11. The van der Waals surface area contributed by atoms with E-state index >= 15 is 0 Å². The number of carbonyl (C=O) groups excluding carboxylic acids is 1. The summed E-state index contributed by atoms with van der Waals surface area (Å²) in [6.07, 6.45) is -1.16. The van der Waals surface area contributed by atoms with E-state index in [0.29, 0.717) is 37.1 Å². The predicted molar refractivity (Wildman–Crippen MR) is 136 cm³/mol. The van der Waals surface area contributed by atoms with Crippen LogP contribution in [-0.2, 0) is 16.4 Å². The van der Waals surface area contributed by atoms with Crippen molar-refractivity contribution in [1.29, 1.82) is 0 Å². The fraction of sp³-hybridized carbons (Fsp3) is 0.556. The van der Waals surface area contributed by atoms with Crippen molar-refractivity contribution in [3.8, 4) is 0 Å². The van der Waals surface area contributed by atoms with Gasteiger partial charge in [0.1, 0.15) is 0 Å². The Hall–Kier alpha value is -2.50. The Labute approximate surface area is 221 Å². The Morgan fingerprint density at radius 1 is 1.18 bits per heavy atom. The van der Waals surface area contributed by atoms with E-state index in [9.17, 15) is 31.5 Å². The molecular weight excluding hydrogens is 519 g/mol. The molecule has 0 bridgehead atoms. The number of fused-ring (bicyclic) bond motifs is 1. The second kappa shape index (κ2) is 11.3. The molecule has 1 fully saturated rings. The number of nitrogens with one attached hydrogen (secondary N) is 1. The first-order chi connectivity index (χ1) is 17.9. The van der Waals surface area contributed by atoms with E-state index in [4.69, 9.17) is 0 Å². The molecule has 1 aliphatic heterocycles. The summed E-state index contributed by atoms with van der Waals surface area (Å²) in [6.45, 7) is 4.48. The predicted octanol–water partition coefficient (Wildman–Crippen LogP) is 4.58. The molecule has 0 unspecified atom stereocenters. The zero-order valence-corrected chi connectivity index (χ0v) is 22.4. The summed E-state index contributed by atoms with van der Waals surface area (Å²) >= 11 is 0. The van der Waals surface area contributed by atoms with Crippen LogP contribution in [0, 0.1) is 11.8 Å². The highest BCUT2D eigenvalue weighted by Gasteiger charge is 2.42. The van der Waals surface area contributed by atoms with Crippen molar-refractivity contribution < 1.29 is 31.5 Å². The fourth-order valence-electron chi connectivity index (χ4n) is 5.45. The Bertz CT molecular complexity index is 1240. The molecule has 1 aliphatic carbocycles. The van der Waals surface area contributed by atoms with Crippen LogP contribution in [0.4, 0.5) is 13.2 Å². The number of nitrogens with zero attached hydrogens (tertiary/aromatic N) is 2. The third-order valence-electron chi connectivity index (χ3n) is 7.89. The van der Waals surface area contributed by atoms with Gasteiger partial charge in [0.15, 0.2) is 9.84 Å². The molecule has 208 valence electrons. The van der Waals surface area contributed by atoms with Crippen LogP contribution in [0.2, 0.25) is 0 Å². The van der Waals surface area contributed by atoms with Crippen LogP contribution in [0.25, 0.3) is 0 Å². The van der Waals surface area contributed by atoms with Crippen LogP contribution >= 0.6 is 0 Å². The van der Waals surface area contributed by atoms with Crippen molar-refractivity contribution >= 4 is 15.7 Å². The maximum Gasteiger partial charge on any atom is 0.391 e. The second-order valence-corrected chi connectivity index (χ2v) is 12.6. The molecule has 2 atom stereocenters. The Balaban J connectivity index is 1.38. The number of halogens is 3. The molecule has 0 saturated heterocycles. The van der Waals surface area contributed by atoms with Crippen molar-refractivity contribution in [3.05, 3.63) is 58.9 Å². The first kappa shape index (κ1) is 28.5. The smallest absolute Gasteiger partial charge is 0.391 e. The van der Waals surface area contributed by atoms with Crippen molar-refractivity contribution in [2.24, 2.45) is 11.8 Å². The number of amides is 1. The first-order valence-corrected chi connectivity index (χ1v) is 14.6. The number of alkyl halides is 3. The maximum atomic E-state index is 13.0. The van der Waals surface area contributed by atoms with Crippen LogP contribution in [0.1, 0.15) is 78.8 Å². The summed E-state index contributed by atoms with van der Waals surface area (Å²) in [4.78, 5) is 19.9. The summed E-state index contributed by atoms with van der Waals surface area (Å²) in [5, 5.41) is 12.7. The molecule has 0 radical (unpaired) electrons. The van der Waals surface area contributed by atoms with Crippen LogP contribution in [0.5, 0.6) is 0 Å². The van der Waals surface area contributed by atoms with E-state index in [1.807, 2.05) is 6.92 Å². The lowest BCUT2D eigenvalue weighted by atomic mass is 9.81. The van der Waals surface area contributed by atoms with Gasteiger partial charge in [0, 0.05) is 25.3 Å². The number of rotatable bonds is 8. The van der Waals surface area contributed by atoms with Crippen molar-refractivity contribution in [2.45, 2.75) is 69.2 Å². The van der Waals surface area contributed by atoms with Crippen LogP contribution < -0.4 is 5.32 Å². The maximum absolute atomic E-state index is 13.0. The lowest BCUT2D eigenvalue weighted by Crippen LogP contribution is -2.33. The fourth-order valence-corrected chi connectivity index (χ4v) is 6.34. The number of pyridine rings is 1. The Morgan fingerprint density at radius 2 is 1.84 bits per heavy atom. The molecule has 1 aromatic carbocycles. The van der Waals surface area contributed by atoms with Gasteiger partial charge < -0.3 is 10.4 Å². The molecule has 2 heterocycles. The number of aliphatic hydroxyl groups excluding tert-OH is 1. The van der Waals surface area contributed by atoms with Crippen LogP contribution in [-0.4, -0.2) is 54.4 Å². The third kappa shape index (κ3) is 6.21. The average molecular weight is 554 g/mol. The Kier molecular flexibility index (Phi) is 8.49. The zero-order valence-electron chi connectivity index (χ0n) is 21.5. The molecule has 7 nitrogen and oxygen atoms in total. The number of hydrogen-bond donors (Lipinski definition) is 2. The summed E-state index contributed by atoms with van der Waals surface area (Å²) in [6, 6.07) is 7.14. The number of sulfone groups is 1. The molecule has 2 N–H and O–H groups in total. The van der Waals surface area contributed by atoms with E-state index in [0.717, 1.165) is 11.3 Å². The topological polar surface area (TPSA) is 99.6 Å². The highest BCUT2D eigenvalue weighted by atomic mass is 32.2. The number of hydrogen-bond acceptors (Lipinski definition) is 6. The van der Waals surface area contributed by atoms with Crippen molar-refractivity contribution in [2.75, 3.05) is 18.9 Å². The van der Waals surface area contributed by atoms with E-state index in [1.54, 1.807) is 25.1 Å². The van der Waals surface area contributed by atoms with Gasteiger partial charge in [-0.1, -0.05) is 19.1 Å². The number of aliphatic hydroxyl groups is 1. The van der Waals surface area contributed by atoms with Gasteiger partial charge in [-0.05, 0) is 67.9 Å². The normalized spacial score (nSPS) is 23.2. The van der Waals surface area contributed by atoms with Crippen molar-refractivity contribution in [3.63, 3.8) is 0 Å². The number of carbonyl (C=O) groups is 1. The molecule has 2 aliphatic rings. The standard InChI is InChI=1S/C27H34F3N3O4S/c1-3-38(36,37)23-10-6-19(7-11-23)24(16-34)32-26(35)20-12-21-15-33(17(2)25(21)31-13-20)14-18-4-8-22(9-5-18)27(28,29)30/h6-7,10-13,17-18,22,24,34H,3-5,8-9,14-16H2,1-2H3,(H,32,35)/t17-,18-,22-,24-/m0/s1. The van der Waals surface area contributed by atoms with Gasteiger partial charge in [0.05, 0.1) is 40.5 Å². The lowest BCUT2D eigenvalue weighted by molar-refractivity contribution is -0.184. The number of benzene rings is 1. The molecule has 11 heteroatoms. The van der Waals surface area contributed by atoms with Gasteiger partial charge in [-0.15, -0.1) is 0 Å². The molecule has 1 amide bonds. The van der Waals surface area contributed by atoms with E-state index in [-0.39, 0.29) is 42.1 Å². The van der Waals surface area contributed by atoms with Gasteiger partial charge in [0.25, 0.3) is 5.91 Å². The summed E-state index contributed by atoms with van der Waals surface area (Å²) < 4.78 is 63.1. The monoisotopic (exact) mass is 553 g/mol. The minimum Gasteiger partial charge on any atom is -0.394 e. The largest absolute Gasteiger partial charge is 0.394 e.